The van der Waals surface area contributed by atoms with Crippen LogP contribution in [0.4, 0.5) is 11.4 Å². The van der Waals surface area contributed by atoms with Gasteiger partial charge in [0.05, 0.1) is 21.4 Å². The van der Waals surface area contributed by atoms with Gasteiger partial charge in [-0.15, -0.1) is 0 Å². The lowest BCUT2D eigenvalue weighted by molar-refractivity contribution is 1.53. The number of halogens is 3. The average molecular weight is 332 g/mol. The molecule has 6 heteroatoms. The van der Waals surface area contributed by atoms with Crippen molar-refractivity contribution in [2.24, 2.45) is 5.73 Å². The van der Waals surface area contributed by atoms with Gasteiger partial charge in [0.2, 0.25) is 0 Å². The van der Waals surface area contributed by atoms with E-state index in [9.17, 15) is 0 Å². The fraction of sp³-hybridized carbons (Fsp3) is 0. The molecule has 0 heterocycles. The molecule has 2 rings (SSSR count). The second-order valence-electron chi connectivity index (χ2n) is 3.81. The molecule has 98 valence electrons. The van der Waals surface area contributed by atoms with E-state index >= 15 is 0 Å². The minimum Gasteiger partial charge on any atom is -0.389 e. The minimum atomic E-state index is 0.300. The van der Waals surface area contributed by atoms with Crippen LogP contribution in [0.1, 0.15) is 5.56 Å². The summed E-state index contributed by atoms with van der Waals surface area (Å²) in [6.45, 7) is 0. The lowest BCUT2D eigenvalue weighted by Gasteiger charge is -2.11. The highest BCUT2D eigenvalue weighted by Crippen LogP contribution is 2.32. The van der Waals surface area contributed by atoms with E-state index in [1.54, 1.807) is 36.4 Å². The summed E-state index contributed by atoms with van der Waals surface area (Å²) in [5.74, 6) is 0. The highest BCUT2D eigenvalue weighted by atomic mass is 35.5. The highest BCUT2D eigenvalue weighted by Gasteiger charge is 2.07. The Morgan fingerprint density at radius 3 is 2.32 bits per heavy atom. The third kappa shape index (κ3) is 3.51. The number of benzene rings is 2. The van der Waals surface area contributed by atoms with Crippen LogP contribution in [0, 0.1) is 0 Å². The van der Waals surface area contributed by atoms with E-state index in [1.807, 2.05) is 0 Å². The smallest absolute Gasteiger partial charge is 0.104 e. The van der Waals surface area contributed by atoms with E-state index in [0.29, 0.717) is 37.0 Å². The molecule has 3 N–H and O–H groups in total. The molecule has 0 amide bonds. The van der Waals surface area contributed by atoms with E-state index in [0.717, 1.165) is 0 Å². The van der Waals surface area contributed by atoms with Gasteiger partial charge >= 0.3 is 0 Å². The van der Waals surface area contributed by atoms with Crippen molar-refractivity contribution in [1.29, 1.82) is 0 Å². The van der Waals surface area contributed by atoms with Gasteiger partial charge in [-0.3, -0.25) is 0 Å². The monoisotopic (exact) mass is 330 g/mol. The molecule has 2 aromatic carbocycles. The number of rotatable bonds is 3. The molecular formula is C13H9Cl3N2S. The molecule has 0 saturated carbocycles. The molecule has 0 aromatic heterocycles. The van der Waals surface area contributed by atoms with Crippen LogP contribution in [0.5, 0.6) is 0 Å². The predicted molar refractivity (Wildman–Crippen MR) is 87.1 cm³/mol. The Kier molecular flexibility index (Phi) is 4.53. The summed E-state index contributed by atoms with van der Waals surface area (Å²) in [6.07, 6.45) is 0. The fourth-order valence-electron chi connectivity index (χ4n) is 1.51. The summed E-state index contributed by atoms with van der Waals surface area (Å²) < 4.78 is 0. The summed E-state index contributed by atoms with van der Waals surface area (Å²) in [5.41, 5.74) is 7.63. The maximum absolute atomic E-state index is 6.16. The van der Waals surface area contributed by atoms with E-state index < -0.39 is 0 Å². The first-order valence-electron chi connectivity index (χ1n) is 5.29. The van der Waals surface area contributed by atoms with Crippen LogP contribution in [-0.2, 0) is 0 Å². The summed E-state index contributed by atoms with van der Waals surface area (Å²) in [4.78, 5) is 0.300. The molecule has 2 aromatic rings. The van der Waals surface area contributed by atoms with E-state index in [4.69, 9.17) is 52.8 Å². The molecule has 0 aliphatic heterocycles. The zero-order valence-corrected chi connectivity index (χ0v) is 12.7. The average Bonchev–Trinajstić information content (AvgIpc) is 2.36. The summed E-state index contributed by atoms with van der Waals surface area (Å²) in [7, 11) is 0. The van der Waals surface area contributed by atoms with Gasteiger partial charge in [0, 0.05) is 10.6 Å². The zero-order chi connectivity index (χ0) is 14.0. The van der Waals surface area contributed by atoms with Crippen molar-refractivity contribution >= 4 is 63.4 Å². The van der Waals surface area contributed by atoms with Crippen LogP contribution < -0.4 is 11.1 Å². The van der Waals surface area contributed by atoms with Gasteiger partial charge < -0.3 is 11.1 Å². The van der Waals surface area contributed by atoms with Gasteiger partial charge in [0.1, 0.15) is 4.99 Å². The Bertz CT molecular complexity index is 644. The molecule has 0 aliphatic carbocycles. The maximum Gasteiger partial charge on any atom is 0.104 e. The molecule has 0 bridgehead atoms. The fourth-order valence-corrected chi connectivity index (χ4v) is 2.20. The van der Waals surface area contributed by atoms with Crippen LogP contribution in [0.2, 0.25) is 15.1 Å². The van der Waals surface area contributed by atoms with Crippen LogP contribution in [0.25, 0.3) is 0 Å². The normalized spacial score (nSPS) is 10.3. The molecule has 0 unspecified atom stereocenters. The maximum atomic E-state index is 6.16. The molecule has 0 aliphatic rings. The Morgan fingerprint density at radius 1 is 0.947 bits per heavy atom. The quantitative estimate of drug-likeness (QED) is 0.775. The third-order valence-electron chi connectivity index (χ3n) is 2.45. The topological polar surface area (TPSA) is 38.0 Å². The number of hydrogen-bond acceptors (Lipinski definition) is 2. The summed E-state index contributed by atoms with van der Waals surface area (Å²) in [6, 6.07) is 10.4. The molecule has 2 nitrogen and oxygen atoms in total. The van der Waals surface area contributed by atoms with Crippen molar-refractivity contribution in [1.82, 2.24) is 0 Å². The molecular weight excluding hydrogens is 323 g/mol. The largest absolute Gasteiger partial charge is 0.389 e. The van der Waals surface area contributed by atoms with Crippen LogP contribution in [0.15, 0.2) is 36.4 Å². The van der Waals surface area contributed by atoms with E-state index in [1.165, 1.54) is 0 Å². The lowest BCUT2D eigenvalue weighted by atomic mass is 10.2. The molecule has 0 radical (unpaired) electrons. The van der Waals surface area contributed by atoms with E-state index in [-0.39, 0.29) is 0 Å². The van der Waals surface area contributed by atoms with Crippen molar-refractivity contribution in [3.05, 3.63) is 57.0 Å². The van der Waals surface area contributed by atoms with Crippen LogP contribution >= 0.6 is 47.0 Å². The summed E-state index contributed by atoms with van der Waals surface area (Å²) in [5, 5.41) is 4.76. The Labute approximate surface area is 131 Å². The van der Waals surface area contributed by atoms with Crippen molar-refractivity contribution in [2.75, 3.05) is 5.32 Å². The molecule has 0 saturated heterocycles. The predicted octanol–water partition coefficient (Wildman–Crippen LogP) is 5.02. The van der Waals surface area contributed by atoms with Gasteiger partial charge in [0.15, 0.2) is 0 Å². The highest BCUT2D eigenvalue weighted by molar-refractivity contribution is 7.80. The van der Waals surface area contributed by atoms with Crippen molar-refractivity contribution < 1.29 is 0 Å². The second kappa shape index (κ2) is 5.97. The Balaban J connectivity index is 2.33. The lowest BCUT2D eigenvalue weighted by Crippen LogP contribution is -2.09. The standard InChI is InChI=1S/C13H9Cl3N2S/c14-8-2-3-9(15)12(6-8)18-11-4-1-7(13(17)19)5-10(11)16/h1-6,18H,(H2,17,19). The zero-order valence-electron chi connectivity index (χ0n) is 9.58. The Morgan fingerprint density at radius 2 is 1.68 bits per heavy atom. The molecule has 0 spiro atoms. The van der Waals surface area contributed by atoms with Gasteiger partial charge in [-0.05, 0) is 36.4 Å². The van der Waals surface area contributed by atoms with E-state index in [2.05, 4.69) is 5.32 Å². The number of hydrogen-bond donors (Lipinski definition) is 2. The van der Waals surface area contributed by atoms with Gasteiger partial charge in [-0.25, -0.2) is 0 Å². The first kappa shape index (κ1) is 14.4. The molecule has 0 atom stereocenters. The van der Waals surface area contributed by atoms with Crippen molar-refractivity contribution in [2.45, 2.75) is 0 Å². The minimum absolute atomic E-state index is 0.300. The molecule has 0 fully saturated rings. The van der Waals surface area contributed by atoms with Gasteiger partial charge in [0.25, 0.3) is 0 Å². The third-order valence-corrected chi connectivity index (χ3v) is 3.56. The van der Waals surface area contributed by atoms with Crippen LogP contribution in [-0.4, -0.2) is 4.99 Å². The Hall–Kier alpha value is -1.000. The van der Waals surface area contributed by atoms with Crippen LogP contribution in [0.3, 0.4) is 0 Å². The number of nitrogens with two attached hydrogens (primary N) is 1. The molecule has 19 heavy (non-hydrogen) atoms. The summed E-state index contributed by atoms with van der Waals surface area (Å²) >= 11 is 23.1. The number of anilines is 2. The first-order valence-corrected chi connectivity index (χ1v) is 6.83. The second-order valence-corrected chi connectivity index (χ2v) is 5.50. The number of nitrogens with one attached hydrogen (secondary N) is 1. The van der Waals surface area contributed by atoms with Gasteiger partial charge in [-0.2, -0.15) is 0 Å². The van der Waals surface area contributed by atoms with Crippen molar-refractivity contribution in [3.8, 4) is 0 Å². The van der Waals surface area contributed by atoms with Crippen molar-refractivity contribution in [3.63, 3.8) is 0 Å². The SMILES string of the molecule is NC(=S)c1ccc(Nc2cc(Cl)ccc2Cl)c(Cl)c1. The number of thiocarbonyl (C=S) groups is 1. The van der Waals surface area contributed by atoms with Gasteiger partial charge in [-0.1, -0.05) is 47.0 Å². The first-order chi connectivity index (χ1) is 8.97.